The number of hydrogen-bond acceptors (Lipinski definition) is 4. The molecular formula is C24H21BrClN5OS. The Morgan fingerprint density at radius 3 is 2.39 bits per heavy atom. The van der Waals surface area contributed by atoms with Gasteiger partial charge >= 0.3 is 0 Å². The summed E-state index contributed by atoms with van der Waals surface area (Å²) in [5, 5.41) is 11.6. The van der Waals surface area contributed by atoms with Gasteiger partial charge in [0.25, 0.3) is 0 Å². The van der Waals surface area contributed by atoms with Gasteiger partial charge in [-0.25, -0.2) is 4.68 Å². The first-order valence-electron chi connectivity index (χ1n) is 10.2. The minimum absolute atomic E-state index is 0.00171. The Hall–Kier alpha value is -2.94. The molecule has 0 aliphatic heterocycles. The predicted molar refractivity (Wildman–Crippen MR) is 139 cm³/mol. The van der Waals surface area contributed by atoms with Gasteiger partial charge in [-0.05, 0) is 79.3 Å². The Morgan fingerprint density at radius 1 is 1.03 bits per heavy atom. The lowest BCUT2D eigenvalue weighted by atomic mass is 10.2. The summed E-state index contributed by atoms with van der Waals surface area (Å²) in [5.41, 5.74) is 3.59. The van der Waals surface area contributed by atoms with Crippen LogP contribution in [0.1, 0.15) is 11.4 Å². The van der Waals surface area contributed by atoms with E-state index in [2.05, 4.69) is 31.7 Å². The molecule has 6 nitrogen and oxygen atoms in total. The summed E-state index contributed by atoms with van der Waals surface area (Å²) in [6.07, 6.45) is 0. The lowest BCUT2D eigenvalue weighted by molar-refractivity contribution is -0.116. The third-order valence-electron chi connectivity index (χ3n) is 4.98. The zero-order valence-electron chi connectivity index (χ0n) is 17.8. The maximum absolute atomic E-state index is 12.7. The molecule has 0 saturated carbocycles. The van der Waals surface area contributed by atoms with Crippen LogP contribution in [0, 0.1) is 11.7 Å². The fourth-order valence-corrected chi connectivity index (χ4v) is 4.04. The van der Waals surface area contributed by atoms with Crippen molar-refractivity contribution >= 4 is 57.0 Å². The third kappa shape index (κ3) is 5.71. The zero-order chi connectivity index (χ0) is 23.4. The van der Waals surface area contributed by atoms with Crippen LogP contribution in [0.25, 0.3) is 5.69 Å². The van der Waals surface area contributed by atoms with Gasteiger partial charge < -0.3 is 10.6 Å². The Bertz CT molecular complexity index is 1330. The zero-order valence-corrected chi connectivity index (χ0v) is 20.9. The molecule has 0 unspecified atom stereocenters. The van der Waals surface area contributed by atoms with Gasteiger partial charge in [0.2, 0.25) is 10.7 Å². The van der Waals surface area contributed by atoms with Crippen molar-refractivity contribution in [1.82, 2.24) is 14.3 Å². The number of nitrogens with one attached hydrogen (secondary N) is 2. The summed E-state index contributed by atoms with van der Waals surface area (Å²) in [6, 6.07) is 22.8. The predicted octanol–water partition coefficient (Wildman–Crippen LogP) is 6.38. The van der Waals surface area contributed by atoms with Gasteiger partial charge in [-0.3, -0.25) is 9.36 Å². The molecule has 1 heterocycles. The number of carbonyl (C=O) groups is 1. The van der Waals surface area contributed by atoms with Crippen molar-refractivity contribution in [3.63, 3.8) is 0 Å². The molecule has 9 heteroatoms. The molecule has 33 heavy (non-hydrogen) atoms. The quantitative estimate of drug-likeness (QED) is 0.266. The van der Waals surface area contributed by atoms with E-state index < -0.39 is 0 Å². The van der Waals surface area contributed by atoms with E-state index in [1.165, 1.54) is 0 Å². The highest BCUT2D eigenvalue weighted by molar-refractivity contribution is 9.10. The molecule has 4 aromatic rings. The van der Waals surface area contributed by atoms with Gasteiger partial charge in [-0.1, -0.05) is 45.7 Å². The second kappa shape index (κ2) is 10.3. The van der Waals surface area contributed by atoms with E-state index in [-0.39, 0.29) is 12.5 Å². The largest absolute Gasteiger partial charge is 0.378 e. The number of benzene rings is 3. The number of aromatic nitrogens is 3. The average Bonchev–Trinajstić information content (AvgIpc) is 3.10. The van der Waals surface area contributed by atoms with Crippen LogP contribution in [0.5, 0.6) is 0 Å². The number of amides is 1. The number of hydrogen-bond donors (Lipinski definition) is 2. The average molecular weight is 543 g/mol. The highest BCUT2D eigenvalue weighted by atomic mass is 79.9. The molecule has 0 spiro atoms. The van der Waals surface area contributed by atoms with E-state index in [4.69, 9.17) is 23.8 Å². The molecule has 0 bridgehead atoms. The fraction of sp³-hybridized carbons (Fsp3) is 0.125. The molecule has 0 radical (unpaired) electrons. The summed E-state index contributed by atoms with van der Waals surface area (Å²) in [7, 11) is 0. The lowest BCUT2D eigenvalue weighted by Crippen LogP contribution is -2.20. The summed E-state index contributed by atoms with van der Waals surface area (Å²) in [5.74, 6) is 0.487. The topological polar surface area (TPSA) is 63.9 Å². The summed E-state index contributed by atoms with van der Waals surface area (Å²) in [4.78, 5) is 12.7. The number of carbonyl (C=O) groups excluding carboxylic acids is 1. The van der Waals surface area contributed by atoms with Crippen molar-refractivity contribution in [3.8, 4) is 5.69 Å². The normalized spacial score (nSPS) is 10.8. The Kier molecular flexibility index (Phi) is 7.27. The van der Waals surface area contributed by atoms with Crippen LogP contribution in [-0.4, -0.2) is 20.3 Å². The van der Waals surface area contributed by atoms with Crippen LogP contribution in [0.3, 0.4) is 0 Å². The monoisotopic (exact) mass is 541 g/mol. The minimum Gasteiger partial charge on any atom is -0.378 e. The van der Waals surface area contributed by atoms with E-state index in [9.17, 15) is 4.79 Å². The molecule has 0 saturated heterocycles. The summed E-state index contributed by atoms with van der Waals surface area (Å²) < 4.78 is 4.84. The van der Waals surface area contributed by atoms with E-state index in [1.54, 1.807) is 4.68 Å². The molecule has 168 valence electrons. The Balaban J connectivity index is 1.62. The van der Waals surface area contributed by atoms with Crippen molar-refractivity contribution in [2.75, 3.05) is 10.6 Å². The number of anilines is 2. The van der Waals surface area contributed by atoms with Gasteiger partial charge in [0, 0.05) is 20.9 Å². The van der Waals surface area contributed by atoms with E-state index in [1.807, 2.05) is 84.3 Å². The van der Waals surface area contributed by atoms with Gasteiger partial charge in [-0.2, -0.15) is 5.10 Å². The first-order chi connectivity index (χ1) is 15.9. The van der Waals surface area contributed by atoms with E-state index in [0.717, 1.165) is 21.4 Å². The Morgan fingerprint density at radius 2 is 1.70 bits per heavy atom. The van der Waals surface area contributed by atoms with Crippen molar-refractivity contribution in [1.29, 1.82) is 0 Å². The lowest BCUT2D eigenvalue weighted by Gasteiger charge is -2.11. The molecule has 2 N–H and O–H groups in total. The summed E-state index contributed by atoms with van der Waals surface area (Å²) in [6.45, 7) is 2.44. The van der Waals surface area contributed by atoms with Crippen molar-refractivity contribution in [2.24, 2.45) is 0 Å². The van der Waals surface area contributed by atoms with Gasteiger partial charge in [0.1, 0.15) is 6.54 Å². The molecular weight excluding hydrogens is 522 g/mol. The van der Waals surface area contributed by atoms with Crippen LogP contribution < -0.4 is 10.6 Å². The summed E-state index contributed by atoms with van der Waals surface area (Å²) >= 11 is 15.1. The standard InChI is InChI=1S/C24H21BrClN5OS/c1-16-4-2-3-5-21(16)31-22(14-27-19-12-8-18(26)9-13-19)29-30(24(31)33)15-23(32)28-20-10-6-17(25)7-11-20/h2-13,27H,14-15H2,1H3,(H,28,32). The number of rotatable bonds is 7. The van der Waals surface area contributed by atoms with Crippen LogP contribution in [-0.2, 0) is 17.9 Å². The molecule has 1 amide bonds. The van der Waals surface area contributed by atoms with E-state index >= 15 is 0 Å². The molecule has 3 aromatic carbocycles. The molecule has 0 aliphatic carbocycles. The first-order valence-corrected chi connectivity index (χ1v) is 11.8. The minimum atomic E-state index is -0.208. The molecule has 0 atom stereocenters. The van der Waals surface area contributed by atoms with Crippen LogP contribution in [0.2, 0.25) is 5.02 Å². The molecule has 0 aliphatic rings. The SMILES string of the molecule is Cc1ccccc1-n1c(CNc2ccc(Cl)cc2)nn(CC(=O)Nc2ccc(Br)cc2)c1=S. The van der Waals surface area contributed by atoms with E-state index in [0.29, 0.717) is 27.9 Å². The van der Waals surface area contributed by atoms with Gasteiger partial charge in [-0.15, -0.1) is 0 Å². The maximum Gasteiger partial charge on any atom is 0.246 e. The highest BCUT2D eigenvalue weighted by Crippen LogP contribution is 2.20. The smallest absolute Gasteiger partial charge is 0.246 e. The van der Waals surface area contributed by atoms with Gasteiger partial charge in [0.05, 0.1) is 12.2 Å². The number of para-hydroxylation sites is 1. The second-order valence-corrected chi connectivity index (χ2v) is 9.11. The second-order valence-electron chi connectivity index (χ2n) is 7.39. The maximum atomic E-state index is 12.7. The Labute approximate surface area is 210 Å². The van der Waals surface area contributed by atoms with Crippen LogP contribution >= 0.6 is 39.7 Å². The number of nitrogens with zero attached hydrogens (tertiary/aromatic N) is 3. The van der Waals surface area contributed by atoms with Crippen LogP contribution in [0.15, 0.2) is 77.3 Å². The molecule has 4 rings (SSSR count). The van der Waals surface area contributed by atoms with Crippen LogP contribution in [0.4, 0.5) is 11.4 Å². The first kappa shape index (κ1) is 23.2. The number of aryl methyl sites for hydroxylation is 1. The third-order valence-corrected chi connectivity index (χ3v) is 6.15. The van der Waals surface area contributed by atoms with Crippen molar-refractivity contribution in [3.05, 3.63) is 98.5 Å². The molecule has 0 fully saturated rings. The highest BCUT2D eigenvalue weighted by Gasteiger charge is 2.16. The number of halogens is 2. The molecule has 1 aromatic heterocycles. The van der Waals surface area contributed by atoms with Crippen molar-refractivity contribution < 1.29 is 4.79 Å². The van der Waals surface area contributed by atoms with Crippen molar-refractivity contribution in [2.45, 2.75) is 20.0 Å². The van der Waals surface area contributed by atoms with Gasteiger partial charge in [0.15, 0.2) is 5.82 Å². The fourth-order valence-electron chi connectivity index (χ4n) is 3.35.